The van der Waals surface area contributed by atoms with E-state index in [1.807, 2.05) is 19.1 Å². The molecular formula is C16H17ClN2O. The van der Waals surface area contributed by atoms with Crippen LogP contribution in [0.25, 0.3) is 0 Å². The van der Waals surface area contributed by atoms with Crippen molar-refractivity contribution < 1.29 is 4.79 Å². The summed E-state index contributed by atoms with van der Waals surface area (Å²) >= 11 is 5.95. The average Bonchev–Trinajstić information content (AvgIpc) is 2.45. The molecule has 0 saturated heterocycles. The van der Waals surface area contributed by atoms with Crippen LogP contribution in [0.3, 0.4) is 0 Å². The fourth-order valence-corrected chi connectivity index (χ4v) is 2.19. The van der Waals surface area contributed by atoms with Crippen LogP contribution < -0.4 is 10.6 Å². The van der Waals surface area contributed by atoms with E-state index in [1.165, 1.54) is 0 Å². The maximum atomic E-state index is 12.6. The molecule has 0 aliphatic carbocycles. The van der Waals surface area contributed by atoms with Gasteiger partial charge in [-0.1, -0.05) is 24.6 Å². The number of benzene rings is 2. The Morgan fingerprint density at radius 2 is 1.90 bits per heavy atom. The minimum atomic E-state index is -0.0564. The quantitative estimate of drug-likeness (QED) is 0.865. The molecular weight excluding hydrogens is 272 g/mol. The normalized spacial score (nSPS) is 10.3. The van der Waals surface area contributed by atoms with Gasteiger partial charge in [-0.15, -0.1) is 0 Å². The molecule has 20 heavy (non-hydrogen) atoms. The molecule has 104 valence electrons. The molecule has 0 aromatic heterocycles. The van der Waals surface area contributed by atoms with Crippen LogP contribution >= 0.6 is 11.6 Å². The Morgan fingerprint density at radius 1 is 1.20 bits per heavy atom. The lowest BCUT2D eigenvalue weighted by atomic mass is 10.1. The summed E-state index contributed by atoms with van der Waals surface area (Å²) in [5.74, 6) is -0.0564. The van der Waals surface area contributed by atoms with Crippen LogP contribution in [0.2, 0.25) is 5.02 Å². The van der Waals surface area contributed by atoms with Crippen LogP contribution in [0.5, 0.6) is 0 Å². The summed E-state index contributed by atoms with van der Waals surface area (Å²) < 4.78 is 0. The second-order valence-electron chi connectivity index (χ2n) is 4.56. The fourth-order valence-electron chi connectivity index (χ4n) is 2.00. The van der Waals surface area contributed by atoms with Gasteiger partial charge in [-0.2, -0.15) is 0 Å². The van der Waals surface area contributed by atoms with Crippen molar-refractivity contribution >= 4 is 28.9 Å². The van der Waals surface area contributed by atoms with Crippen LogP contribution in [0.4, 0.5) is 11.4 Å². The number of amides is 1. The zero-order valence-corrected chi connectivity index (χ0v) is 12.1. The summed E-state index contributed by atoms with van der Waals surface area (Å²) in [5.41, 5.74) is 7.79. The first-order valence-electron chi connectivity index (χ1n) is 6.55. The number of nitrogens with zero attached hydrogens (tertiary/aromatic N) is 1. The van der Waals surface area contributed by atoms with E-state index in [0.29, 0.717) is 22.8 Å². The summed E-state index contributed by atoms with van der Waals surface area (Å²) in [6.45, 7) is 2.69. The topological polar surface area (TPSA) is 46.3 Å². The highest BCUT2D eigenvalue weighted by Gasteiger charge is 2.17. The Labute approximate surface area is 124 Å². The number of halogens is 1. The first-order chi connectivity index (χ1) is 9.61. The summed E-state index contributed by atoms with van der Waals surface area (Å²) in [6.07, 6.45) is 0.872. The van der Waals surface area contributed by atoms with Crippen molar-refractivity contribution in [3.05, 3.63) is 59.1 Å². The molecule has 0 heterocycles. The maximum Gasteiger partial charge on any atom is 0.258 e. The Bertz CT molecular complexity index is 596. The van der Waals surface area contributed by atoms with Crippen LogP contribution in [0.1, 0.15) is 23.7 Å². The van der Waals surface area contributed by atoms with Gasteiger partial charge in [-0.05, 0) is 48.9 Å². The predicted octanol–water partition coefficient (Wildman–Crippen LogP) is 3.98. The molecule has 0 radical (unpaired) electrons. The molecule has 0 aliphatic heterocycles. The van der Waals surface area contributed by atoms with E-state index < -0.39 is 0 Å². The van der Waals surface area contributed by atoms with Crippen molar-refractivity contribution in [2.75, 3.05) is 17.2 Å². The SMILES string of the molecule is CCCN(C(=O)c1cccc(Cl)c1)c1ccc(N)cc1. The third kappa shape index (κ3) is 3.31. The molecule has 2 rings (SSSR count). The molecule has 0 fully saturated rings. The van der Waals surface area contributed by atoms with Crippen molar-refractivity contribution in [2.24, 2.45) is 0 Å². The summed E-state index contributed by atoms with van der Waals surface area (Å²) in [7, 11) is 0. The molecule has 0 spiro atoms. The van der Waals surface area contributed by atoms with Crippen molar-refractivity contribution in [3.63, 3.8) is 0 Å². The lowest BCUT2D eigenvalue weighted by Crippen LogP contribution is -2.31. The number of nitrogen functional groups attached to an aromatic ring is 1. The molecule has 2 aromatic carbocycles. The van der Waals surface area contributed by atoms with Crippen LogP contribution in [0, 0.1) is 0 Å². The molecule has 2 N–H and O–H groups in total. The van der Waals surface area contributed by atoms with Crippen LogP contribution in [-0.4, -0.2) is 12.5 Å². The number of carbonyl (C=O) groups excluding carboxylic acids is 1. The predicted molar refractivity (Wildman–Crippen MR) is 84.3 cm³/mol. The fraction of sp³-hybridized carbons (Fsp3) is 0.188. The zero-order chi connectivity index (χ0) is 14.5. The van der Waals surface area contributed by atoms with Crippen molar-refractivity contribution in [1.29, 1.82) is 0 Å². The monoisotopic (exact) mass is 288 g/mol. The first-order valence-corrected chi connectivity index (χ1v) is 6.92. The number of hydrogen-bond donors (Lipinski definition) is 1. The number of carbonyl (C=O) groups is 1. The van der Waals surface area contributed by atoms with Gasteiger partial charge in [0, 0.05) is 28.5 Å². The van der Waals surface area contributed by atoms with E-state index >= 15 is 0 Å². The highest BCUT2D eigenvalue weighted by molar-refractivity contribution is 6.31. The first kappa shape index (κ1) is 14.4. The largest absolute Gasteiger partial charge is 0.399 e. The highest BCUT2D eigenvalue weighted by atomic mass is 35.5. The lowest BCUT2D eigenvalue weighted by Gasteiger charge is -2.22. The van der Waals surface area contributed by atoms with Gasteiger partial charge < -0.3 is 10.6 Å². The van der Waals surface area contributed by atoms with Gasteiger partial charge in [0.1, 0.15) is 0 Å². The Kier molecular flexibility index (Phi) is 4.64. The molecule has 0 aliphatic rings. The van der Waals surface area contributed by atoms with E-state index in [9.17, 15) is 4.79 Å². The van der Waals surface area contributed by atoms with E-state index in [0.717, 1.165) is 12.1 Å². The molecule has 1 amide bonds. The van der Waals surface area contributed by atoms with Crippen LogP contribution in [-0.2, 0) is 0 Å². The second-order valence-corrected chi connectivity index (χ2v) is 5.00. The van der Waals surface area contributed by atoms with Crippen molar-refractivity contribution in [1.82, 2.24) is 0 Å². The molecule has 0 bridgehead atoms. The maximum absolute atomic E-state index is 12.6. The minimum Gasteiger partial charge on any atom is -0.399 e. The van der Waals surface area contributed by atoms with E-state index in [-0.39, 0.29) is 5.91 Å². The molecule has 2 aromatic rings. The molecule has 0 saturated carbocycles. The zero-order valence-electron chi connectivity index (χ0n) is 11.3. The molecule has 3 nitrogen and oxygen atoms in total. The van der Waals surface area contributed by atoms with Gasteiger partial charge >= 0.3 is 0 Å². The summed E-state index contributed by atoms with van der Waals surface area (Å²) in [6, 6.07) is 14.3. The van der Waals surface area contributed by atoms with Gasteiger partial charge in [0.15, 0.2) is 0 Å². The summed E-state index contributed by atoms with van der Waals surface area (Å²) in [4.78, 5) is 14.3. The minimum absolute atomic E-state index is 0.0564. The Hall–Kier alpha value is -2.00. The van der Waals surface area contributed by atoms with Gasteiger partial charge in [-0.3, -0.25) is 4.79 Å². The number of hydrogen-bond acceptors (Lipinski definition) is 2. The molecule has 4 heteroatoms. The Morgan fingerprint density at radius 3 is 2.50 bits per heavy atom. The summed E-state index contributed by atoms with van der Waals surface area (Å²) in [5, 5.41) is 0.560. The lowest BCUT2D eigenvalue weighted by molar-refractivity contribution is 0.0987. The second kappa shape index (κ2) is 6.44. The Balaban J connectivity index is 2.33. The smallest absolute Gasteiger partial charge is 0.258 e. The molecule has 0 unspecified atom stereocenters. The standard InChI is InChI=1S/C16H17ClN2O/c1-2-10-19(15-8-6-14(18)7-9-15)16(20)12-4-3-5-13(17)11-12/h3-9,11H,2,10,18H2,1H3. The third-order valence-electron chi connectivity index (χ3n) is 2.97. The number of rotatable bonds is 4. The van der Waals surface area contributed by atoms with E-state index in [1.54, 1.807) is 41.3 Å². The number of anilines is 2. The van der Waals surface area contributed by atoms with E-state index in [4.69, 9.17) is 17.3 Å². The van der Waals surface area contributed by atoms with E-state index in [2.05, 4.69) is 0 Å². The third-order valence-corrected chi connectivity index (χ3v) is 3.20. The number of nitrogens with two attached hydrogens (primary N) is 1. The van der Waals surface area contributed by atoms with Gasteiger partial charge in [0.2, 0.25) is 0 Å². The highest BCUT2D eigenvalue weighted by Crippen LogP contribution is 2.20. The van der Waals surface area contributed by atoms with Crippen molar-refractivity contribution in [3.8, 4) is 0 Å². The van der Waals surface area contributed by atoms with Crippen LogP contribution in [0.15, 0.2) is 48.5 Å². The van der Waals surface area contributed by atoms with Gasteiger partial charge in [0.25, 0.3) is 5.91 Å². The molecule has 0 atom stereocenters. The van der Waals surface area contributed by atoms with Crippen molar-refractivity contribution in [2.45, 2.75) is 13.3 Å². The van der Waals surface area contributed by atoms with Gasteiger partial charge in [0.05, 0.1) is 0 Å². The average molecular weight is 289 g/mol. The van der Waals surface area contributed by atoms with Gasteiger partial charge in [-0.25, -0.2) is 0 Å².